The molecule has 13 heteroatoms. The second kappa shape index (κ2) is 10.6. The van der Waals surface area contributed by atoms with Gasteiger partial charge < -0.3 is 20.1 Å². The first-order valence-electron chi connectivity index (χ1n) is 10.9. The van der Waals surface area contributed by atoms with E-state index in [4.69, 9.17) is 9.84 Å². The van der Waals surface area contributed by atoms with Crippen LogP contribution in [0.1, 0.15) is 12.0 Å². The summed E-state index contributed by atoms with van der Waals surface area (Å²) in [4.78, 5) is 12.0. The molecule has 188 valence electrons. The monoisotopic (exact) mass is 530 g/mol. The third-order valence-corrected chi connectivity index (χ3v) is 9.62. The molecule has 0 saturated carbocycles. The second-order valence-electron chi connectivity index (χ2n) is 9.54. The number of amides is 1. The normalized spacial score (nSPS) is 16.6. The van der Waals surface area contributed by atoms with Crippen LogP contribution in [-0.4, -0.2) is 69.4 Å². The molecule has 2 heterocycles. The lowest BCUT2D eigenvalue weighted by Crippen LogP contribution is -2.34. The fourth-order valence-electron chi connectivity index (χ4n) is 3.53. The van der Waals surface area contributed by atoms with Crippen LogP contribution in [0.3, 0.4) is 0 Å². The van der Waals surface area contributed by atoms with E-state index in [-0.39, 0.29) is 19.3 Å². The molecule has 1 aliphatic heterocycles. The molecule has 3 rings (SSSR count). The molecule has 1 amide bonds. The summed E-state index contributed by atoms with van der Waals surface area (Å²) in [5, 5.41) is 13.8. The van der Waals surface area contributed by atoms with Gasteiger partial charge in [0.15, 0.2) is 0 Å². The molecule has 0 spiro atoms. The van der Waals surface area contributed by atoms with Crippen LogP contribution in [0, 0.1) is 12.7 Å². The summed E-state index contributed by atoms with van der Waals surface area (Å²) in [6.07, 6.45) is 1.00. The van der Waals surface area contributed by atoms with Crippen molar-refractivity contribution in [3.8, 4) is 0 Å². The van der Waals surface area contributed by atoms with E-state index in [1.54, 1.807) is 12.3 Å². The summed E-state index contributed by atoms with van der Waals surface area (Å²) in [5.41, 5.74) is 1.29. The lowest BCUT2D eigenvalue weighted by Gasteiger charge is -2.25. The van der Waals surface area contributed by atoms with Crippen LogP contribution in [0.15, 0.2) is 28.6 Å². The molecular formula is C21H31FN4O5S2Si. The van der Waals surface area contributed by atoms with Gasteiger partial charge in [-0.2, -0.15) is 4.37 Å². The van der Waals surface area contributed by atoms with Crippen molar-refractivity contribution in [1.29, 1.82) is 0 Å². The van der Waals surface area contributed by atoms with Crippen molar-refractivity contribution in [2.45, 2.75) is 50.0 Å². The average molecular weight is 531 g/mol. The predicted octanol–water partition coefficient (Wildman–Crippen LogP) is 4.26. The number of rotatable bonds is 10. The first-order valence-corrected chi connectivity index (χ1v) is 16.9. The largest absolute Gasteiger partial charge is 0.465 e. The number of nitrogens with one attached hydrogen (secondary N) is 1. The number of benzene rings is 1. The summed E-state index contributed by atoms with van der Waals surface area (Å²) < 4.78 is 52.8. The number of aryl methyl sites for hydroxylation is 1. The SMILES string of the molecule is Cc1cc(S(=O)(=O)N(COCC[Si](C)(C)C)c2cnsc2)c(F)cc1NC1CCN(C(=O)O)C1. The zero-order valence-corrected chi connectivity index (χ0v) is 22.4. The van der Waals surface area contributed by atoms with Gasteiger partial charge in [-0.15, -0.1) is 0 Å². The topological polar surface area (TPSA) is 112 Å². The van der Waals surface area contributed by atoms with E-state index >= 15 is 4.39 Å². The van der Waals surface area contributed by atoms with Crippen LogP contribution < -0.4 is 9.62 Å². The number of carbonyl (C=O) groups is 1. The maximum atomic E-state index is 15.2. The van der Waals surface area contributed by atoms with Crippen LogP contribution >= 0.6 is 11.5 Å². The first-order chi connectivity index (χ1) is 15.9. The van der Waals surface area contributed by atoms with E-state index in [1.807, 2.05) is 0 Å². The molecule has 1 aliphatic rings. The van der Waals surface area contributed by atoms with Crippen molar-refractivity contribution in [1.82, 2.24) is 9.27 Å². The van der Waals surface area contributed by atoms with E-state index in [2.05, 4.69) is 29.3 Å². The Morgan fingerprint density at radius 3 is 2.74 bits per heavy atom. The number of aromatic nitrogens is 1. The minimum atomic E-state index is -4.26. The fourth-order valence-corrected chi connectivity index (χ4v) is 6.34. The smallest absolute Gasteiger partial charge is 0.407 e. The highest BCUT2D eigenvalue weighted by atomic mass is 32.2. The molecule has 1 unspecified atom stereocenters. The summed E-state index contributed by atoms with van der Waals surface area (Å²) in [7, 11) is -5.62. The molecule has 0 radical (unpaired) electrons. The minimum absolute atomic E-state index is 0.176. The van der Waals surface area contributed by atoms with Gasteiger partial charge in [-0.3, -0.25) is 0 Å². The highest BCUT2D eigenvalue weighted by molar-refractivity contribution is 7.92. The fraction of sp³-hybridized carbons (Fsp3) is 0.524. The zero-order chi connectivity index (χ0) is 25.1. The van der Waals surface area contributed by atoms with Gasteiger partial charge >= 0.3 is 6.09 Å². The molecule has 1 aromatic carbocycles. The van der Waals surface area contributed by atoms with Crippen LogP contribution in [0.2, 0.25) is 25.7 Å². The van der Waals surface area contributed by atoms with Crippen molar-refractivity contribution < 1.29 is 27.4 Å². The molecule has 34 heavy (non-hydrogen) atoms. The summed E-state index contributed by atoms with van der Waals surface area (Å²) in [6, 6.07) is 3.15. The van der Waals surface area contributed by atoms with Gasteiger partial charge in [0, 0.05) is 44.9 Å². The molecule has 1 fully saturated rings. The lowest BCUT2D eigenvalue weighted by atomic mass is 10.1. The summed E-state index contributed by atoms with van der Waals surface area (Å²) >= 11 is 1.10. The average Bonchev–Trinajstić information content (AvgIpc) is 3.41. The van der Waals surface area contributed by atoms with Crippen LogP contribution in [-0.2, 0) is 14.8 Å². The Morgan fingerprint density at radius 1 is 1.41 bits per heavy atom. The minimum Gasteiger partial charge on any atom is -0.465 e. The second-order valence-corrected chi connectivity index (χ2v) is 17.6. The van der Waals surface area contributed by atoms with Crippen LogP contribution in [0.4, 0.5) is 20.6 Å². The number of nitrogens with zero attached hydrogens (tertiary/aromatic N) is 3. The number of halogens is 1. The van der Waals surface area contributed by atoms with Crippen molar-refractivity contribution in [3.05, 3.63) is 35.1 Å². The molecular weight excluding hydrogens is 499 g/mol. The van der Waals surface area contributed by atoms with E-state index in [9.17, 15) is 13.2 Å². The number of sulfonamides is 1. The molecule has 2 N–H and O–H groups in total. The maximum absolute atomic E-state index is 15.2. The third-order valence-electron chi connectivity index (χ3n) is 5.58. The molecule has 0 bridgehead atoms. The van der Waals surface area contributed by atoms with Gasteiger partial charge in [-0.1, -0.05) is 19.6 Å². The van der Waals surface area contributed by atoms with Crippen molar-refractivity contribution in [2.24, 2.45) is 0 Å². The molecule has 2 aromatic rings. The number of anilines is 2. The zero-order valence-electron chi connectivity index (χ0n) is 19.7. The number of likely N-dealkylation sites (tertiary alicyclic amines) is 1. The molecule has 0 aliphatic carbocycles. The van der Waals surface area contributed by atoms with Crippen molar-refractivity contribution >= 4 is 47.1 Å². The molecule has 1 saturated heterocycles. The molecule has 9 nitrogen and oxygen atoms in total. The van der Waals surface area contributed by atoms with Crippen LogP contribution in [0.25, 0.3) is 0 Å². The van der Waals surface area contributed by atoms with Crippen LogP contribution in [0.5, 0.6) is 0 Å². The Labute approximate surface area is 204 Å². The Bertz CT molecular complexity index is 1110. The molecule has 1 aromatic heterocycles. The van der Waals surface area contributed by atoms with Crippen molar-refractivity contribution in [3.63, 3.8) is 0 Å². The van der Waals surface area contributed by atoms with Gasteiger partial charge in [-0.25, -0.2) is 21.9 Å². The summed E-state index contributed by atoms with van der Waals surface area (Å²) in [6.45, 7) is 9.14. The van der Waals surface area contributed by atoms with Gasteiger partial charge in [0.05, 0.1) is 11.9 Å². The Hall–Kier alpha value is -2.22. The Balaban J connectivity index is 1.81. The molecule has 1 atom stereocenters. The quantitative estimate of drug-likeness (QED) is 0.268. The van der Waals surface area contributed by atoms with E-state index < -0.39 is 34.9 Å². The van der Waals surface area contributed by atoms with E-state index in [1.165, 1.54) is 17.2 Å². The maximum Gasteiger partial charge on any atom is 0.407 e. The van der Waals surface area contributed by atoms with Gasteiger partial charge in [0.2, 0.25) is 0 Å². The van der Waals surface area contributed by atoms with E-state index in [0.717, 1.165) is 27.9 Å². The first kappa shape index (κ1) is 26.4. The summed E-state index contributed by atoms with van der Waals surface area (Å²) in [5.74, 6) is -0.892. The number of ether oxygens (including phenoxy) is 1. The highest BCUT2D eigenvalue weighted by Crippen LogP contribution is 2.30. The number of hydrogen-bond donors (Lipinski definition) is 2. The Kier molecular flexibility index (Phi) is 8.21. The standard InChI is InChI=1S/C21H31FN4O5S2Si/c1-15-9-20(18(22)10-19(15)24-16-5-6-25(12-16)21(27)28)33(29,30)26(17-11-23-32-13-17)14-31-7-8-34(2,3)4/h9-11,13,16,24H,5-8,12,14H2,1-4H3,(H,27,28). The van der Waals surface area contributed by atoms with Gasteiger partial charge in [0.1, 0.15) is 17.4 Å². The lowest BCUT2D eigenvalue weighted by molar-refractivity contribution is 0.155. The highest BCUT2D eigenvalue weighted by Gasteiger charge is 2.31. The third kappa shape index (κ3) is 6.46. The Morgan fingerprint density at radius 2 is 2.15 bits per heavy atom. The number of carboxylic acid groups (broad SMARTS) is 1. The number of hydrogen-bond acceptors (Lipinski definition) is 7. The van der Waals surface area contributed by atoms with Gasteiger partial charge in [-0.05, 0) is 48.6 Å². The van der Waals surface area contributed by atoms with E-state index in [0.29, 0.717) is 36.5 Å². The van der Waals surface area contributed by atoms with Crippen molar-refractivity contribution in [2.75, 3.05) is 36.0 Å². The van der Waals surface area contributed by atoms with Gasteiger partial charge in [0.25, 0.3) is 10.0 Å². The predicted molar refractivity (Wildman–Crippen MR) is 134 cm³/mol.